The van der Waals surface area contributed by atoms with Crippen molar-refractivity contribution in [1.82, 2.24) is 4.98 Å². The standard InChI is InChI=1S/C12H15NO3/c1-3-15-11-7-5-10(9-13-11)6-8-12(14)16-4-2/h5-9H,3-4H2,1-2H3. The Hall–Kier alpha value is -1.84. The predicted molar refractivity (Wildman–Crippen MR) is 61.1 cm³/mol. The van der Waals surface area contributed by atoms with Crippen molar-refractivity contribution in [2.45, 2.75) is 13.8 Å². The second-order valence-corrected chi connectivity index (χ2v) is 2.95. The molecule has 0 spiro atoms. The number of nitrogens with zero attached hydrogens (tertiary/aromatic N) is 1. The van der Waals surface area contributed by atoms with E-state index in [0.717, 1.165) is 5.56 Å². The van der Waals surface area contributed by atoms with Crippen LogP contribution in [0.15, 0.2) is 24.4 Å². The van der Waals surface area contributed by atoms with Gasteiger partial charge < -0.3 is 9.47 Å². The average molecular weight is 221 g/mol. The maximum atomic E-state index is 11.0. The van der Waals surface area contributed by atoms with Gasteiger partial charge in [-0.15, -0.1) is 0 Å². The number of esters is 1. The van der Waals surface area contributed by atoms with Gasteiger partial charge in [0, 0.05) is 18.3 Å². The molecule has 0 bridgehead atoms. The van der Waals surface area contributed by atoms with E-state index in [4.69, 9.17) is 9.47 Å². The second kappa shape index (κ2) is 6.61. The molecule has 1 rings (SSSR count). The van der Waals surface area contributed by atoms with Crippen molar-refractivity contribution in [2.24, 2.45) is 0 Å². The molecule has 1 heterocycles. The van der Waals surface area contributed by atoms with E-state index in [-0.39, 0.29) is 5.97 Å². The normalized spacial score (nSPS) is 10.4. The van der Waals surface area contributed by atoms with Crippen LogP contribution in [0.2, 0.25) is 0 Å². The van der Waals surface area contributed by atoms with Crippen molar-refractivity contribution in [3.63, 3.8) is 0 Å². The summed E-state index contributed by atoms with van der Waals surface area (Å²) in [5.74, 6) is 0.229. The van der Waals surface area contributed by atoms with Gasteiger partial charge in [0.1, 0.15) is 0 Å². The lowest BCUT2D eigenvalue weighted by Crippen LogP contribution is -1.98. The zero-order chi connectivity index (χ0) is 11.8. The van der Waals surface area contributed by atoms with Crippen molar-refractivity contribution in [3.8, 4) is 5.88 Å². The summed E-state index contributed by atoms with van der Waals surface area (Å²) in [6.45, 7) is 4.64. The van der Waals surface area contributed by atoms with Gasteiger partial charge in [0.05, 0.1) is 13.2 Å². The van der Waals surface area contributed by atoms with Crippen LogP contribution in [-0.2, 0) is 9.53 Å². The molecule has 0 saturated heterocycles. The Morgan fingerprint density at radius 3 is 2.75 bits per heavy atom. The predicted octanol–water partition coefficient (Wildman–Crippen LogP) is 2.06. The first-order chi connectivity index (χ1) is 7.76. The summed E-state index contributed by atoms with van der Waals surface area (Å²) in [4.78, 5) is 15.1. The minimum Gasteiger partial charge on any atom is -0.478 e. The number of ether oxygens (including phenoxy) is 2. The van der Waals surface area contributed by atoms with Crippen molar-refractivity contribution in [2.75, 3.05) is 13.2 Å². The van der Waals surface area contributed by atoms with E-state index in [0.29, 0.717) is 19.1 Å². The van der Waals surface area contributed by atoms with E-state index in [9.17, 15) is 4.79 Å². The third kappa shape index (κ3) is 4.13. The third-order valence-electron chi connectivity index (χ3n) is 1.75. The lowest BCUT2D eigenvalue weighted by molar-refractivity contribution is -0.137. The number of hydrogen-bond donors (Lipinski definition) is 0. The fourth-order valence-electron chi connectivity index (χ4n) is 1.08. The molecule has 0 fully saturated rings. The van der Waals surface area contributed by atoms with Gasteiger partial charge in [0.25, 0.3) is 0 Å². The van der Waals surface area contributed by atoms with E-state index < -0.39 is 0 Å². The maximum Gasteiger partial charge on any atom is 0.330 e. The number of aromatic nitrogens is 1. The average Bonchev–Trinajstić information content (AvgIpc) is 2.29. The molecule has 0 saturated carbocycles. The van der Waals surface area contributed by atoms with Crippen LogP contribution < -0.4 is 4.74 Å². The van der Waals surface area contributed by atoms with Gasteiger partial charge in [-0.2, -0.15) is 0 Å². The SMILES string of the molecule is CCOC(=O)C=Cc1ccc(OCC)nc1. The number of hydrogen-bond acceptors (Lipinski definition) is 4. The van der Waals surface area contributed by atoms with Crippen LogP contribution in [0.3, 0.4) is 0 Å². The van der Waals surface area contributed by atoms with Crippen LogP contribution in [0.25, 0.3) is 6.08 Å². The van der Waals surface area contributed by atoms with E-state index in [1.807, 2.05) is 13.0 Å². The molecule has 0 atom stereocenters. The fraction of sp³-hybridized carbons (Fsp3) is 0.333. The third-order valence-corrected chi connectivity index (χ3v) is 1.75. The fourth-order valence-corrected chi connectivity index (χ4v) is 1.08. The molecule has 0 aliphatic heterocycles. The summed E-state index contributed by atoms with van der Waals surface area (Å²) >= 11 is 0. The van der Waals surface area contributed by atoms with Gasteiger partial charge in [0.2, 0.25) is 5.88 Å². The van der Waals surface area contributed by atoms with E-state index in [2.05, 4.69) is 4.98 Å². The molecule has 0 aliphatic rings. The van der Waals surface area contributed by atoms with E-state index >= 15 is 0 Å². The minimum atomic E-state index is -0.351. The van der Waals surface area contributed by atoms with Crippen molar-refractivity contribution >= 4 is 12.0 Å². The van der Waals surface area contributed by atoms with E-state index in [1.165, 1.54) is 6.08 Å². The van der Waals surface area contributed by atoms with Crippen LogP contribution in [0.4, 0.5) is 0 Å². The molecule has 86 valence electrons. The molecule has 0 aliphatic carbocycles. The van der Waals surface area contributed by atoms with Gasteiger partial charge in [-0.3, -0.25) is 0 Å². The van der Waals surface area contributed by atoms with E-state index in [1.54, 1.807) is 25.3 Å². The quantitative estimate of drug-likeness (QED) is 0.564. The van der Waals surface area contributed by atoms with Gasteiger partial charge in [-0.05, 0) is 31.6 Å². The van der Waals surface area contributed by atoms with Crippen LogP contribution in [0.5, 0.6) is 5.88 Å². The second-order valence-electron chi connectivity index (χ2n) is 2.95. The highest BCUT2D eigenvalue weighted by Gasteiger charge is 1.95. The number of rotatable bonds is 5. The minimum absolute atomic E-state index is 0.351. The molecule has 16 heavy (non-hydrogen) atoms. The van der Waals surface area contributed by atoms with Crippen LogP contribution in [0, 0.1) is 0 Å². The lowest BCUT2D eigenvalue weighted by atomic mass is 10.2. The van der Waals surface area contributed by atoms with Gasteiger partial charge >= 0.3 is 5.97 Å². The molecular formula is C12H15NO3. The van der Waals surface area contributed by atoms with Crippen molar-refractivity contribution in [3.05, 3.63) is 30.0 Å². The zero-order valence-corrected chi connectivity index (χ0v) is 9.47. The molecule has 4 heteroatoms. The largest absolute Gasteiger partial charge is 0.478 e. The molecule has 0 aromatic carbocycles. The van der Waals surface area contributed by atoms with Crippen LogP contribution in [0.1, 0.15) is 19.4 Å². The molecule has 0 N–H and O–H groups in total. The molecule has 0 amide bonds. The summed E-state index contributed by atoms with van der Waals surface area (Å²) in [6.07, 6.45) is 4.67. The Kier molecular flexibility index (Phi) is 5.05. The maximum absolute atomic E-state index is 11.0. The smallest absolute Gasteiger partial charge is 0.330 e. The first-order valence-corrected chi connectivity index (χ1v) is 5.20. The summed E-state index contributed by atoms with van der Waals surface area (Å²) in [6, 6.07) is 3.59. The molecular weight excluding hydrogens is 206 g/mol. The monoisotopic (exact) mass is 221 g/mol. The number of pyridine rings is 1. The molecule has 1 aromatic heterocycles. The topological polar surface area (TPSA) is 48.4 Å². The summed E-state index contributed by atoms with van der Waals surface area (Å²) < 4.78 is 9.95. The number of carbonyl (C=O) groups excluding carboxylic acids is 1. The highest BCUT2D eigenvalue weighted by atomic mass is 16.5. The van der Waals surface area contributed by atoms with Gasteiger partial charge in [0.15, 0.2) is 0 Å². The molecule has 4 nitrogen and oxygen atoms in total. The van der Waals surface area contributed by atoms with Crippen molar-refractivity contribution in [1.29, 1.82) is 0 Å². The zero-order valence-electron chi connectivity index (χ0n) is 9.47. The Bertz CT molecular complexity index is 357. The Balaban J connectivity index is 2.57. The Morgan fingerprint density at radius 2 is 2.19 bits per heavy atom. The summed E-state index contributed by atoms with van der Waals surface area (Å²) in [5.41, 5.74) is 0.830. The van der Waals surface area contributed by atoms with Crippen LogP contribution in [-0.4, -0.2) is 24.2 Å². The lowest BCUT2D eigenvalue weighted by Gasteiger charge is -2.00. The van der Waals surface area contributed by atoms with Gasteiger partial charge in [-0.25, -0.2) is 9.78 Å². The first kappa shape index (κ1) is 12.2. The first-order valence-electron chi connectivity index (χ1n) is 5.20. The molecule has 0 radical (unpaired) electrons. The highest BCUT2D eigenvalue weighted by molar-refractivity contribution is 5.86. The number of carbonyl (C=O) groups is 1. The Labute approximate surface area is 94.9 Å². The summed E-state index contributed by atoms with van der Waals surface area (Å²) in [5, 5.41) is 0. The summed E-state index contributed by atoms with van der Waals surface area (Å²) in [7, 11) is 0. The highest BCUT2D eigenvalue weighted by Crippen LogP contribution is 2.08. The molecule has 0 unspecified atom stereocenters. The van der Waals surface area contributed by atoms with Crippen LogP contribution >= 0.6 is 0 Å². The van der Waals surface area contributed by atoms with Crippen molar-refractivity contribution < 1.29 is 14.3 Å². The Morgan fingerprint density at radius 1 is 1.38 bits per heavy atom. The van der Waals surface area contributed by atoms with Gasteiger partial charge in [-0.1, -0.05) is 0 Å². The molecule has 1 aromatic rings.